The third kappa shape index (κ3) is 3.33. The minimum atomic E-state index is -0.282. The Hall–Kier alpha value is -2.58. The van der Waals surface area contributed by atoms with Gasteiger partial charge in [0.15, 0.2) is 0 Å². The molecule has 28 heavy (non-hydrogen) atoms. The number of aromatic nitrogens is 3. The van der Waals surface area contributed by atoms with Gasteiger partial charge in [-0.2, -0.15) is 0 Å². The van der Waals surface area contributed by atoms with Crippen molar-refractivity contribution in [1.82, 2.24) is 14.5 Å². The number of pyridine rings is 1. The number of anilines is 1. The number of fused-ring (bicyclic) bond motifs is 3. The molecule has 0 fully saturated rings. The maximum Gasteiger partial charge on any atom is 0.272 e. The Balaban J connectivity index is 1.75. The summed E-state index contributed by atoms with van der Waals surface area (Å²) in [6.07, 6.45) is 0. The number of thiophene rings is 1. The molecule has 3 heterocycles. The van der Waals surface area contributed by atoms with Crippen molar-refractivity contribution in [2.24, 2.45) is 0 Å². The smallest absolute Gasteiger partial charge is 0.272 e. The molecule has 1 N–H and O–H groups in total. The van der Waals surface area contributed by atoms with E-state index in [-0.39, 0.29) is 18.0 Å². The molecule has 0 aliphatic rings. The van der Waals surface area contributed by atoms with Crippen molar-refractivity contribution >= 4 is 59.3 Å². The SMILES string of the molecule is Cc1cc(C)c2c(n1)sc1c(=O)n(CC(=O)Nc3cccc(Br)c3)c(C)nc12. The molecule has 0 bridgehead atoms. The second-order valence-electron chi connectivity index (χ2n) is 6.65. The van der Waals surface area contributed by atoms with Gasteiger partial charge in [0.25, 0.3) is 5.56 Å². The summed E-state index contributed by atoms with van der Waals surface area (Å²) in [6, 6.07) is 9.29. The van der Waals surface area contributed by atoms with Crippen molar-refractivity contribution in [3.63, 3.8) is 0 Å². The number of carbonyl (C=O) groups is 1. The van der Waals surface area contributed by atoms with Gasteiger partial charge in [-0.05, 0) is 50.6 Å². The summed E-state index contributed by atoms with van der Waals surface area (Å²) < 4.78 is 2.80. The lowest BCUT2D eigenvalue weighted by Crippen LogP contribution is -2.29. The van der Waals surface area contributed by atoms with Crippen molar-refractivity contribution < 1.29 is 4.79 Å². The fourth-order valence-electron chi connectivity index (χ4n) is 3.26. The van der Waals surface area contributed by atoms with Crippen LogP contribution in [0.4, 0.5) is 5.69 Å². The van der Waals surface area contributed by atoms with E-state index in [1.807, 2.05) is 32.0 Å². The number of nitrogens with zero attached hydrogens (tertiary/aromatic N) is 3. The number of hydrogen-bond donors (Lipinski definition) is 1. The van der Waals surface area contributed by atoms with Crippen LogP contribution in [0.3, 0.4) is 0 Å². The number of rotatable bonds is 3. The molecule has 1 aromatic carbocycles. The first-order chi connectivity index (χ1) is 13.3. The van der Waals surface area contributed by atoms with E-state index in [4.69, 9.17) is 0 Å². The Kier molecular flexibility index (Phi) is 4.76. The Morgan fingerprint density at radius 1 is 1.21 bits per heavy atom. The van der Waals surface area contributed by atoms with Gasteiger partial charge < -0.3 is 5.32 Å². The van der Waals surface area contributed by atoms with Crippen molar-refractivity contribution in [1.29, 1.82) is 0 Å². The second-order valence-corrected chi connectivity index (χ2v) is 8.56. The predicted molar refractivity (Wildman–Crippen MR) is 116 cm³/mol. The van der Waals surface area contributed by atoms with Crippen LogP contribution in [0.2, 0.25) is 0 Å². The standard InChI is InChI=1S/C20H17BrN4O2S/c1-10-7-11(2)22-19-16(10)17-18(28-19)20(27)25(12(3)23-17)9-15(26)24-14-6-4-5-13(21)8-14/h4-8H,9H2,1-3H3,(H,24,26). The summed E-state index contributed by atoms with van der Waals surface area (Å²) in [5.74, 6) is 0.220. The zero-order valence-electron chi connectivity index (χ0n) is 15.5. The van der Waals surface area contributed by atoms with Gasteiger partial charge in [-0.1, -0.05) is 22.0 Å². The number of amides is 1. The van der Waals surface area contributed by atoms with E-state index < -0.39 is 0 Å². The molecule has 6 nitrogen and oxygen atoms in total. The molecule has 0 saturated heterocycles. The minimum absolute atomic E-state index is 0.0974. The molecule has 0 spiro atoms. The van der Waals surface area contributed by atoms with Gasteiger partial charge in [0, 0.05) is 21.2 Å². The summed E-state index contributed by atoms with van der Waals surface area (Å²) in [5, 5.41) is 3.72. The summed E-state index contributed by atoms with van der Waals surface area (Å²) in [5.41, 5.74) is 3.06. The molecular formula is C20H17BrN4O2S. The third-order valence-electron chi connectivity index (χ3n) is 4.48. The lowest BCUT2D eigenvalue weighted by Gasteiger charge is -2.10. The molecule has 0 saturated carbocycles. The molecule has 0 aliphatic heterocycles. The Bertz CT molecular complexity index is 1310. The first-order valence-electron chi connectivity index (χ1n) is 8.67. The molecule has 8 heteroatoms. The molecule has 4 aromatic rings. The highest BCUT2D eigenvalue weighted by Gasteiger charge is 2.18. The minimum Gasteiger partial charge on any atom is -0.324 e. The Labute approximate surface area is 173 Å². The van der Waals surface area contributed by atoms with E-state index in [9.17, 15) is 9.59 Å². The van der Waals surface area contributed by atoms with Crippen molar-refractivity contribution in [3.8, 4) is 0 Å². The molecule has 3 aromatic heterocycles. The van der Waals surface area contributed by atoms with Crippen molar-refractivity contribution in [3.05, 3.63) is 62.2 Å². The molecule has 0 radical (unpaired) electrons. The number of carbonyl (C=O) groups excluding carboxylic acids is 1. The van der Waals surface area contributed by atoms with Crippen LogP contribution in [0.15, 0.2) is 39.6 Å². The molecule has 0 unspecified atom stereocenters. The van der Waals surface area contributed by atoms with E-state index in [2.05, 4.69) is 31.2 Å². The highest BCUT2D eigenvalue weighted by Crippen LogP contribution is 2.32. The highest BCUT2D eigenvalue weighted by molar-refractivity contribution is 9.10. The molecule has 0 atom stereocenters. The topological polar surface area (TPSA) is 76.9 Å². The lowest BCUT2D eigenvalue weighted by molar-refractivity contribution is -0.116. The van der Waals surface area contributed by atoms with Crippen LogP contribution in [-0.4, -0.2) is 20.4 Å². The maximum absolute atomic E-state index is 13.1. The largest absolute Gasteiger partial charge is 0.324 e. The van der Waals surface area contributed by atoms with E-state index in [1.165, 1.54) is 15.9 Å². The number of hydrogen-bond acceptors (Lipinski definition) is 5. The first kappa shape index (κ1) is 18.8. The summed E-state index contributed by atoms with van der Waals surface area (Å²) >= 11 is 4.70. The van der Waals surface area contributed by atoms with E-state index in [0.717, 1.165) is 25.9 Å². The van der Waals surface area contributed by atoms with Crippen LogP contribution < -0.4 is 10.9 Å². The van der Waals surface area contributed by atoms with Crippen LogP contribution in [-0.2, 0) is 11.3 Å². The molecular weight excluding hydrogens is 440 g/mol. The fraction of sp³-hybridized carbons (Fsp3) is 0.200. The van der Waals surface area contributed by atoms with Crippen LogP contribution in [0.5, 0.6) is 0 Å². The average molecular weight is 457 g/mol. The monoisotopic (exact) mass is 456 g/mol. The number of benzene rings is 1. The van der Waals surface area contributed by atoms with Gasteiger partial charge in [-0.3, -0.25) is 14.2 Å². The number of nitrogens with one attached hydrogen (secondary N) is 1. The van der Waals surface area contributed by atoms with E-state index >= 15 is 0 Å². The summed E-state index contributed by atoms with van der Waals surface area (Å²) in [7, 11) is 0. The van der Waals surface area contributed by atoms with Gasteiger partial charge in [-0.25, -0.2) is 9.97 Å². The molecule has 1 amide bonds. The quantitative estimate of drug-likeness (QED) is 0.497. The Morgan fingerprint density at radius 2 is 2.00 bits per heavy atom. The van der Waals surface area contributed by atoms with Gasteiger partial charge in [-0.15, -0.1) is 11.3 Å². The zero-order chi connectivity index (χ0) is 20.0. The predicted octanol–water partition coefficient (Wildman–Crippen LogP) is 4.33. The highest BCUT2D eigenvalue weighted by atomic mass is 79.9. The maximum atomic E-state index is 13.1. The van der Waals surface area contributed by atoms with Crippen LogP contribution in [0, 0.1) is 20.8 Å². The van der Waals surface area contributed by atoms with Crippen molar-refractivity contribution in [2.75, 3.05) is 5.32 Å². The van der Waals surface area contributed by atoms with E-state index in [0.29, 0.717) is 21.7 Å². The van der Waals surface area contributed by atoms with E-state index in [1.54, 1.807) is 19.1 Å². The van der Waals surface area contributed by atoms with Gasteiger partial charge in [0.05, 0.1) is 5.52 Å². The second kappa shape index (κ2) is 7.10. The molecule has 0 aliphatic carbocycles. The van der Waals surface area contributed by atoms with Crippen LogP contribution >= 0.6 is 27.3 Å². The van der Waals surface area contributed by atoms with Gasteiger partial charge in [0.1, 0.15) is 21.9 Å². The van der Waals surface area contributed by atoms with Gasteiger partial charge in [0.2, 0.25) is 5.91 Å². The number of halogens is 1. The third-order valence-corrected chi connectivity index (χ3v) is 6.03. The first-order valence-corrected chi connectivity index (χ1v) is 10.3. The summed E-state index contributed by atoms with van der Waals surface area (Å²) in [4.78, 5) is 35.5. The molecule has 142 valence electrons. The fourth-order valence-corrected chi connectivity index (χ4v) is 4.85. The lowest BCUT2D eigenvalue weighted by atomic mass is 10.1. The average Bonchev–Trinajstić information content (AvgIpc) is 2.97. The molecule has 4 rings (SSSR count). The van der Waals surface area contributed by atoms with Crippen molar-refractivity contribution in [2.45, 2.75) is 27.3 Å². The zero-order valence-corrected chi connectivity index (χ0v) is 17.9. The summed E-state index contributed by atoms with van der Waals surface area (Å²) in [6.45, 7) is 5.57. The Morgan fingerprint density at radius 3 is 2.75 bits per heavy atom. The normalized spacial score (nSPS) is 11.3. The van der Waals surface area contributed by atoms with Crippen LogP contribution in [0.25, 0.3) is 20.4 Å². The van der Waals surface area contributed by atoms with Gasteiger partial charge >= 0.3 is 0 Å². The van der Waals surface area contributed by atoms with Crippen LogP contribution in [0.1, 0.15) is 17.1 Å². The number of aryl methyl sites for hydroxylation is 3.